The number of amides is 1. The van der Waals surface area contributed by atoms with Crippen molar-refractivity contribution in [2.24, 2.45) is 5.92 Å². The van der Waals surface area contributed by atoms with Crippen LogP contribution in [-0.2, 0) is 4.79 Å². The minimum Gasteiger partial charge on any atom is -0.359 e. The van der Waals surface area contributed by atoms with E-state index in [9.17, 15) is 4.79 Å². The summed E-state index contributed by atoms with van der Waals surface area (Å²) in [5.74, 6) is 0.268. The summed E-state index contributed by atoms with van der Waals surface area (Å²) >= 11 is 6.07. The Hall–Kier alpha value is -1.80. The van der Waals surface area contributed by atoms with Crippen molar-refractivity contribution in [3.63, 3.8) is 0 Å². The first kappa shape index (κ1) is 14.3. The molecule has 0 fully saturated rings. The van der Waals surface area contributed by atoms with Crippen molar-refractivity contribution in [1.29, 1.82) is 5.26 Å². The Morgan fingerprint density at radius 3 is 2.94 bits per heavy atom. The van der Waals surface area contributed by atoms with E-state index < -0.39 is 0 Å². The molecule has 1 unspecified atom stereocenters. The number of halogens is 1. The highest BCUT2D eigenvalue weighted by Gasteiger charge is 2.17. The summed E-state index contributed by atoms with van der Waals surface area (Å²) < 4.78 is 0. The van der Waals surface area contributed by atoms with E-state index in [1.54, 1.807) is 25.1 Å². The highest BCUT2D eigenvalue weighted by molar-refractivity contribution is 6.34. The van der Waals surface area contributed by atoms with Crippen LogP contribution >= 0.6 is 11.6 Å². The van der Waals surface area contributed by atoms with Crippen molar-refractivity contribution < 1.29 is 4.79 Å². The quantitative estimate of drug-likeness (QED) is 0.895. The molecule has 1 aromatic heterocycles. The van der Waals surface area contributed by atoms with Gasteiger partial charge in [-0.15, -0.1) is 0 Å². The van der Waals surface area contributed by atoms with Crippen LogP contribution in [0.15, 0.2) is 12.3 Å². The number of rotatable bonds is 4. The van der Waals surface area contributed by atoms with Crippen LogP contribution in [0.4, 0.5) is 5.82 Å². The van der Waals surface area contributed by atoms with Crippen molar-refractivity contribution in [1.82, 2.24) is 10.3 Å². The summed E-state index contributed by atoms with van der Waals surface area (Å²) in [5.41, 5.74) is 0.376. The molecule has 1 atom stereocenters. The lowest BCUT2D eigenvalue weighted by molar-refractivity contribution is -0.123. The fourth-order valence-corrected chi connectivity index (χ4v) is 1.91. The third-order valence-electron chi connectivity index (χ3n) is 2.59. The number of carbonyl (C=O) groups is 1. The fourth-order valence-electron chi connectivity index (χ4n) is 1.61. The van der Waals surface area contributed by atoms with Gasteiger partial charge in [0.15, 0.2) is 0 Å². The molecule has 0 radical (unpaired) electrons. The van der Waals surface area contributed by atoms with E-state index in [2.05, 4.69) is 10.3 Å². The van der Waals surface area contributed by atoms with Gasteiger partial charge in [0.1, 0.15) is 16.9 Å². The molecule has 5 nitrogen and oxygen atoms in total. The summed E-state index contributed by atoms with van der Waals surface area (Å²) in [4.78, 5) is 17.3. The van der Waals surface area contributed by atoms with Gasteiger partial charge < -0.3 is 10.2 Å². The predicted octanol–water partition coefficient (Wildman–Crippen LogP) is 1.42. The van der Waals surface area contributed by atoms with Gasteiger partial charge >= 0.3 is 0 Å². The van der Waals surface area contributed by atoms with Gasteiger partial charge in [-0.1, -0.05) is 18.5 Å². The highest BCUT2D eigenvalue weighted by atomic mass is 35.5. The van der Waals surface area contributed by atoms with Gasteiger partial charge in [-0.05, 0) is 6.07 Å². The van der Waals surface area contributed by atoms with Gasteiger partial charge in [0, 0.05) is 26.8 Å². The molecule has 18 heavy (non-hydrogen) atoms. The molecule has 1 rings (SSSR count). The minimum absolute atomic E-state index is 0.0468. The third kappa shape index (κ3) is 3.11. The first-order valence-electron chi connectivity index (χ1n) is 5.48. The second-order valence-electron chi connectivity index (χ2n) is 4.00. The Kier molecular flexibility index (Phi) is 4.93. The monoisotopic (exact) mass is 266 g/mol. The van der Waals surface area contributed by atoms with Gasteiger partial charge in [0.2, 0.25) is 5.91 Å². The molecule has 0 saturated heterocycles. The van der Waals surface area contributed by atoms with E-state index in [1.165, 1.54) is 6.20 Å². The standard InChI is InChI=1S/C12H15ClN4O/c1-8(12(18)15-2)7-17(3)11-10(13)9(6-14)4-5-16-11/h4-5,8H,7H2,1-3H3,(H,15,18). The molecule has 1 amide bonds. The number of nitrogens with one attached hydrogen (secondary N) is 1. The molecule has 0 spiro atoms. The van der Waals surface area contributed by atoms with Crippen LogP contribution in [0.3, 0.4) is 0 Å². The minimum atomic E-state index is -0.191. The molecular weight excluding hydrogens is 252 g/mol. The fraction of sp³-hybridized carbons (Fsp3) is 0.417. The molecule has 0 saturated carbocycles. The normalized spacial score (nSPS) is 11.5. The Labute approximate surface area is 111 Å². The van der Waals surface area contributed by atoms with E-state index >= 15 is 0 Å². The Balaban J connectivity index is 2.89. The molecule has 0 aliphatic heterocycles. The largest absolute Gasteiger partial charge is 0.359 e. The number of hydrogen-bond acceptors (Lipinski definition) is 4. The lowest BCUT2D eigenvalue weighted by atomic mass is 10.1. The second kappa shape index (κ2) is 6.22. The zero-order valence-electron chi connectivity index (χ0n) is 10.6. The Bertz CT molecular complexity index is 483. The van der Waals surface area contributed by atoms with E-state index in [4.69, 9.17) is 16.9 Å². The maximum absolute atomic E-state index is 11.4. The molecule has 6 heteroatoms. The number of nitriles is 1. The van der Waals surface area contributed by atoms with Gasteiger partial charge in [-0.25, -0.2) is 4.98 Å². The smallest absolute Gasteiger partial charge is 0.224 e. The van der Waals surface area contributed by atoms with Crippen molar-refractivity contribution in [3.8, 4) is 6.07 Å². The van der Waals surface area contributed by atoms with Crippen molar-refractivity contribution in [2.75, 3.05) is 25.5 Å². The Morgan fingerprint density at radius 1 is 1.72 bits per heavy atom. The van der Waals surface area contributed by atoms with E-state index in [0.717, 1.165) is 0 Å². The van der Waals surface area contributed by atoms with Crippen molar-refractivity contribution in [3.05, 3.63) is 22.8 Å². The lowest BCUT2D eigenvalue weighted by Crippen LogP contribution is -2.34. The van der Waals surface area contributed by atoms with Crippen LogP contribution in [0, 0.1) is 17.2 Å². The number of nitrogens with zero attached hydrogens (tertiary/aromatic N) is 3. The van der Waals surface area contributed by atoms with Crippen molar-refractivity contribution >= 4 is 23.3 Å². The number of aromatic nitrogens is 1. The molecule has 0 aromatic carbocycles. The van der Waals surface area contributed by atoms with Gasteiger partial charge in [-0.2, -0.15) is 5.26 Å². The van der Waals surface area contributed by atoms with Crippen LogP contribution in [0.25, 0.3) is 0 Å². The molecule has 0 bridgehead atoms. The first-order valence-corrected chi connectivity index (χ1v) is 5.86. The maximum Gasteiger partial charge on any atom is 0.224 e. The van der Waals surface area contributed by atoms with Gasteiger partial charge in [0.25, 0.3) is 0 Å². The number of anilines is 1. The van der Waals surface area contributed by atoms with Gasteiger partial charge in [-0.3, -0.25) is 4.79 Å². The topological polar surface area (TPSA) is 69.0 Å². The average Bonchev–Trinajstić information content (AvgIpc) is 2.37. The predicted molar refractivity (Wildman–Crippen MR) is 70.5 cm³/mol. The summed E-state index contributed by atoms with van der Waals surface area (Å²) in [6.07, 6.45) is 1.53. The molecule has 0 aliphatic rings. The zero-order chi connectivity index (χ0) is 13.7. The molecular formula is C12H15ClN4O. The van der Waals surface area contributed by atoms with Crippen LogP contribution in [0.1, 0.15) is 12.5 Å². The van der Waals surface area contributed by atoms with Gasteiger partial charge in [0.05, 0.1) is 11.5 Å². The van der Waals surface area contributed by atoms with Crippen LogP contribution in [0.5, 0.6) is 0 Å². The number of pyridine rings is 1. The summed E-state index contributed by atoms with van der Waals surface area (Å²) in [7, 11) is 3.38. The summed E-state index contributed by atoms with van der Waals surface area (Å²) in [6, 6.07) is 3.56. The Morgan fingerprint density at radius 2 is 2.39 bits per heavy atom. The number of hydrogen-bond donors (Lipinski definition) is 1. The average molecular weight is 267 g/mol. The lowest BCUT2D eigenvalue weighted by Gasteiger charge is -2.22. The van der Waals surface area contributed by atoms with Crippen LogP contribution < -0.4 is 10.2 Å². The SMILES string of the molecule is CNC(=O)C(C)CN(C)c1nccc(C#N)c1Cl. The third-order valence-corrected chi connectivity index (χ3v) is 2.97. The maximum atomic E-state index is 11.4. The zero-order valence-corrected chi connectivity index (χ0v) is 11.3. The van der Waals surface area contributed by atoms with Crippen molar-refractivity contribution in [2.45, 2.75) is 6.92 Å². The summed E-state index contributed by atoms with van der Waals surface area (Å²) in [5, 5.41) is 11.8. The van der Waals surface area contributed by atoms with E-state index in [0.29, 0.717) is 22.9 Å². The highest BCUT2D eigenvalue weighted by Crippen LogP contribution is 2.25. The molecule has 1 heterocycles. The van der Waals surface area contributed by atoms with E-state index in [-0.39, 0.29) is 11.8 Å². The molecule has 1 aromatic rings. The summed E-state index contributed by atoms with van der Waals surface area (Å²) in [6.45, 7) is 2.29. The molecule has 0 aliphatic carbocycles. The first-order chi connectivity index (χ1) is 8.51. The molecule has 96 valence electrons. The van der Waals surface area contributed by atoms with E-state index in [1.807, 2.05) is 13.0 Å². The second-order valence-corrected chi connectivity index (χ2v) is 4.38. The van der Waals surface area contributed by atoms with Crippen LogP contribution in [0.2, 0.25) is 5.02 Å². The number of carbonyl (C=O) groups excluding carboxylic acids is 1. The van der Waals surface area contributed by atoms with Crippen LogP contribution in [-0.4, -0.2) is 31.5 Å². The molecule has 1 N–H and O–H groups in total.